The standard InChI is InChI=1S/C21H29N3OS/c1-4-17-9-6-10-18(5-2)20(17)22-21-24(16(3)15-26-21)14-8-13-23-12-7-11-19(23)25/h6,9-10,15H,4-5,7-8,11-14H2,1-3H3. The number of aryl methyl sites for hydroxylation is 3. The lowest BCUT2D eigenvalue weighted by atomic mass is 10.0. The number of thiazole rings is 1. The Hall–Kier alpha value is -1.88. The fraction of sp³-hybridized carbons (Fsp3) is 0.524. The van der Waals surface area contributed by atoms with Crippen molar-refractivity contribution in [2.24, 2.45) is 4.99 Å². The molecule has 0 radical (unpaired) electrons. The van der Waals surface area contributed by atoms with E-state index in [2.05, 4.69) is 48.9 Å². The van der Waals surface area contributed by atoms with Crippen molar-refractivity contribution in [2.45, 2.75) is 59.4 Å². The van der Waals surface area contributed by atoms with Crippen molar-refractivity contribution in [1.82, 2.24) is 9.47 Å². The van der Waals surface area contributed by atoms with Crippen LogP contribution in [0, 0.1) is 6.92 Å². The van der Waals surface area contributed by atoms with E-state index in [1.54, 1.807) is 11.3 Å². The summed E-state index contributed by atoms with van der Waals surface area (Å²) in [4.78, 5) is 19.9. The summed E-state index contributed by atoms with van der Waals surface area (Å²) in [6, 6.07) is 6.50. The summed E-state index contributed by atoms with van der Waals surface area (Å²) in [6.45, 7) is 9.21. The summed E-state index contributed by atoms with van der Waals surface area (Å²) >= 11 is 1.71. The van der Waals surface area contributed by atoms with Crippen LogP contribution in [0.5, 0.6) is 0 Å². The molecule has 26 heavy (non-hydrogen) atoms. The first kappa shape index (κ1) is 18.9. The molecule has 0 unspecified atom stereocenters. The SMILES string of the molecule is CCc1cccc(CC)c1N=c1scc(C)n1CCCN1CCCC1=O. The molecule has 2 aromatic rings. The molecule has 1 aromatic heterocycles. The van der Waals surface area contributed by atoms with E-state index >= 15 is 0 Å². The van der Waals surface area contributed by atoms with Crippen molar-refractivity contribution in [3.05, 3.63) is 45.2 Å². The third-order valence-corrected chi connectivity index (χ3v) is 6.13. The second kappa shape index (κ2) is 8.67. The molecule has 0 N–H and O–H groups in total. The normalized spacial score (nSPS) is 15.3. The molecule has 1 aliphatic rings. The molecule has 0 saturated carbocycles. The Kier molecular flexibility index (Phi) is 6.30. The number of rotatable bonds is 7. The third-order valence-electron chi connectivity index (χ3n) is 5.15. The van der Waals surface area contributed by atoms with Crippen LogP contribution in [-0.2, 0) is 24.2 Å². The van der Waals surface area contributed by atoms with Crippen molar-refractivity contribution < 1.29 is 4.79 Å². The van der Waals surface area contributed by atoms with Crippen LogP contribution in [0.15, 0.2) is 28.6 Å². The monoisotopic (exact) mass is 371 g/mol. The van der Waals surface area contributed by atoms with Gasteiger partial charge in [-0.05, 0) is 43.7 Å². The molecule has 1 amide bonds. The second-order valence-electron chi connectivity index (χ2n) is 6.89. The Morgan fingerprint density at radius 3 is 2.50 bits per heavy atom. The van der Waals surface area contributed by atoms with Gasteiger partial charge in [-0.15, -0.1) is 11.3 Å². The molecule has 1 aromatic carbocycles. The summed E-state index contributed by atoms with van der Waals surface area (Å²) < 4.78 is 2.30. The van der Waals surface area contributed by atoms with Crippen molar-refractivity contribution in [1.29, 1.82) is 0 Å². The van der Waals surface area contributed by atoms with Crippen molar-refractivity contribution in [2.75, 3.05) is 13.1 Å². The zero-order valence-corrected chi connectivity index (χ0v) is 16.9. The van der Waals surface area contributed by atoms with Gasteiger partial charge >= 0.3 is 0 Å². The van der Waals surface area contributed by atoms with Crippen LogP contribution in [0.25, 0.3) is 0 Å². The smallest absolute Gasteiger partial charge is 0.222 e. The molecule has 5 heteroatoms. The average molecular weight is 372 g/mol. The number of hydrogen-bond donors (Lipinski definition) is 0. The summed E-state index contributed by atoms with van der Waals surface area (Å²) in [6.07, 6.45) is 4.70. The minimum atomic E-state index is 0.311. The van der Waals surface area contributed by atoms with Crippen LogP contribution in [0.1, 0.15) is 49.9 Å². The fourth-order valence-electron chi connectivity index (χ4n) is 3.59. The topological polar surface area (TPSA) is 37.6 Å². The molecule has 2 heterocycles. The van der Waals surface area contributed by atoms with E-state index in [0.717, 1.165) is 62.2 Å². The highest BCUT2D eigenvalue weighted by Crippen LogP contribution is 2.25. The quantitative estimate of drug-likeness (QED) is 0.718. The maximum atomic E-state index is 11.8. The molecule has 140 valence electrons. The first-order valence-electron chi connectivity index (χ1n) is 9.72. The molecule has 0 atom stereocenters. The molecule has 3 rings (SSSR count). The number of para-hydroxylation sites is 1. The van der Waals surface area contributed by atoms with Crippen LogP contribution in [0.4, 0.5) is 5.69 Å². The van der Waals surface area contributed by atoms with Crippen molar-refractivity contribution in [3.63, 3.8) is 0 Å². The molecule has 1 aliphatic heterocycles. The lowest BCUT2D eigenvalue weighted by Crippen LogP contribution is -2.27. The predicted octanol–water partition coefficient (Wildman–Crippen LogP) is 4.23. The van der Waals surface area contributed by atoms with Crippen molar-refractivity contribution >= 4 is 22.9 Å². The van der Waals surface area contributed by atoms with E-state index in [-0.39, 0.29) is 0 Å². The van der Waals surface area contributed by atoms with Gasteiger partial charge in [0.2, 0.25) is 5.91 Å². The number of nitrogens with zero attached hydrogens (tertiary/aromatic N) is 3. The maximum absolute atomic E-state index is 11.8. The van der Waals surface area contributed by atoms with E-state index in [1.807, 2.05) is 4.90 Å². The number of hydrogen-bond acceptors (Lipinski definition) is 3. The second-order valence-corrected chi connectivity index (χ2v) is 7.73. The van der Waals surface area contributed by atoms with Gasteiger partial charge in [0.1, 0.15) is 0 Å². The molecular weight excluding hydrogens is 342 g/mol. The van der Waals surface area contributed by atoms with E-state index in [1.165, 1.54) is 16.8 Å². The zero-order valence-electron chi connectivity index (χ0n) is 16.1. The van der Waals surface area contributed by atoms with Gasteiger partial charge in [-0.1, -0.05) is 32.0 Å². The summed E-state index contributed by atoms with van der Waals surface area (Å²) in [5.41, 5.74) is 5.01. The number of carbonyl (C=O) groups is 1. The molecule has 1 saturated heterocycles. The van der Waals surface area contributed by atoms with Gasteiger partial charge in [0.15, 0.2) is 4.80 Å². The molecule has 0 bridgehead atoms. The Balaban J connectivity index is 1.83. The minimum Gasteiger partial charge on any atom is -0.343 e. The van der Waals surface area contributed by atoms with Gasteiger partial charge < -0.3 is 9.47 Å². The fourth-order valence-corrected chi connectivity index (χ4v) is 4.50. The summed E-state index contributed by atoms with van der Waals surface area (Å²) in [7, 11) is 0. The molecule has 0 spiro atoms. The van der Waals surface area contributed by atoms with Crippen LogP contribution >= 0.6 is 11.3 Å². The molecule has 1 fully saturated rings. The average Bonchev–Trinajstić information content (AvgIpc) is 3.22. The van der Waals surface area contributed by atoms with E-state index in [9.17, 15) is 4.79 Å². The highest BCUT2D eigenvalue weighted by molar-refractivity contribution is 7.07. The molecular formula is C21H29N3OS. The highest BCUT2D eigenvalue weighted by atomic mass is 32.1. The van der Waals surface area contributed by atoms with Crippen LogP contribution in [-0.4, -0.2) is 28.5 Å². The zero-order chi connectivity index (χ0) is 18.5. The van der Waals surface area contributed by atoms with Crippen LogP contribution < -0.4 is 4.80 Å². The number of aromatic nitrogens is 1. The number of amides is 1. The van der Waals surface area contributed by atoms with Gasteiger partial charge in [-0.3, -0.25) is 4.79 Å². The Labute approximate surface area is 160 Å². The third kappa shape index (κ3) is 4.09. The van der Waals surface area contributed by atoms with Gasteiger partial charge in [0.05, 0.1) is 5.69 Å². The maximum Gasteiger partial charge on any atom is 0.222 e. The van der Waals surface area contributed by atoms with Gasteiger partial charge in [-0.25, -0.2) is 4.99 Å². The van der Waals surface area contributed by atoms with Gasteiger partial charge in [0, 0.05) is 37.1 Å². The van der Waals surface area contributed by atoms with Crippen LogP contribution in [0.2, 0.25) is 0 Å². The number of benzene rings is 1. The molecule has 0 aliphatic carbocycles. The Morgan fingerprint density at radius 2 is 1.88 bits per heavy atom. The Bertz CT molecular complexity index is 812. The van der Waals surface area contributed by atoms with Gasteiger partial charge in [0.25, 0.3) is 0 Å². The first-order valence-corrected chi connectivity index (χ1v) is 10.6. The Morgan fingerprint density at radius 1 is 1.15 bits per heavy atom. The summed E-state index contributed by atoms with van der Waals surface area (Å²) in [5, 5.41) is 2.18. The minimum absolute atomic E-state index is 0.311. The lowest BCUT2D eigenvalue weighted by Gasteiger charge is -2.16. The van der Waals surface area contributed by atoms with E-state index in [0.29, 0.717) is 5.91 Å². The first-order chi connectivity index (χ1) is 12.6. The molecule has 4 nitrogen and oxygen atoms in total. The van der Waals surface area contributed by atoms with E-state index < -0.39 is 0 Å². The van der Waals surface area contributed by atoms with Crippen LogP contribution in [0.3, 0.4) is 0 Å². The van der Waals surface area contributed by atoms with E-state index in [4.69, 9.17) is 4.99 Å². The summed E-state index contributed by atoms with van der Waals surface area (Å²) in [5.74, 6) is 0.311. The van der Waals surface area contributed by atoms with Gasteiger partial charge in [-0.2, -0.15) is 0 Å². The van der Waals surface area contributed by atoms with Crippen molar-refractivity contribution in [3.8, 4) is 0 Å². The predicted molar refractivity (Wildman–Crippen MR) is 108 cm³/mol. The lowest BCUT2D eigenvalue weighted by molar-refractivity contribution is -0.127. The number of likely N-dealkylation sites (tertiary alicyclic amines) is 1. The number of carbonyl (C=O) groups excluding carboxylic acids is 1. The highest BCUT2D eigenvalue weighted by Gasteiger charge is 2.19. The largest absolute Gasteiger partial charge is 0.343 e.